The van der Waals surface area contributed by atoms with Crippen molar-refractivity contribution in [1.82, 2.24) is 0 Å². The van der Waals surface area contributed by atoms with E-state index < -0.39 is 45.6 Å². The van der Waals surface area contributed by atoms with Crippen LogP contribution in [0.4, 0.5) is 26.3 Å². The van der Waals surface area contributed by atoms with E-state index in [0.717, 1.165) is 24.3 Å². The van der Waals surface area contributed by atoms with E-state index in [1.165, 1.54) is 24.3 Å². The third kappa shape index (κ3) is 7.77. The first-order chi connectivity index (χ1) is 12.3. The van der Waals surface area contributed by atoms with Gasteiger partial charge in [0.05, 0.1) is 11.5 Å². The van der Waals surface area contributed by atoms with Crippen molar-refractivity contribution in [1.29, 1.82) is 0 Å². The van der Waals surface area contributed by atoms with Crippen LogP contribution in [0.3, 0.4) is 0 Å². The summed E-state index contributed by atoms with van der Waals surface area (Å²) in [5, 5.41) is 0. The van der Waals surface area contributed by atoms with Gasteiger partial charge >= 0.3 is 12.7 Å². The molecule has 27 heavy (non-hydrogen) atoms. The highest BCUT2D eigenvalue weighted by atomic mass is 32.2. The summed E-state index contributed by atoms with van der Waals surface area (Å²) in [6.45, 7) is 0. The van der Waals surface area contributed by atoms with Gasteiger partial charge in [0.2, 0.25) is 0 Å². The monoisotopic (exact) mass is 414 g/mol. The minimum atomic E-state index is -4.92. The van der Waals surface area contributed by atoms with Crippen molar-refractivity contribution >= 4 is 9.84 Å². The van der Waals surface area contributed by atoms with Crippen LogP contribution in [-0.2, 0) is 21.3 Å². The van der Waals surface area contributed by atoms with E-state index in [-0.39, 0.29) is 11.1 Å². The highest BCUT2D eigenvalue weighted by Gasteiger charge is 2.32. The van der Waals surface area contributed by atoms with Crippen LogP contribution in [0.2, 0.25) is 0 Å². The molecule has 0 bridgehead atoms. The number of benzene rings is 2. The molecule has 0 N–H and O–H groups in total. The van der Waals surface area contributed by atoms with Gasteiger partial charge in [-0.05, 0) is 35.4 Å². The Kier molecular flexibility index (Phi) is 5.93. The first-order valence-electron chi connectivity index (χ1n) is 7.21. The standard InChI is InChI=1S/C16H12F6O4S/c17-15(18,19)25-13-5-1-3-11(7-13)9-27(23,24)10-12-4-2-6-14(8-12)26-16(20,21)22/h1-8H,9-10H2. The van der Waals surface area contributed by atoms with Crippen LogP contribution in [-0.4, -0.2) is 21.1 Å². The van der Waals surface area contributed by atoms with Crippen molar-refractivity contribution in [2.75, 3.05) is 0 Å². The Bertz CT molecular complexity index is 823. The molecular weight excluding hydrogens is 402 g/mol. The van der Waals surface area contributed by atoms with Crippen molar-refractivity contribution in [3.05, 3.63) is 59.7 Å². The minimum absolute atomic E-state index is 0.0412. The molecule has 11 heteroatoms. The summed E-state index contributed by atoms with van der Waals surface area (Å²) >= 11 is 0. The fourth-order valence-corrected chi connectivity index (χ4v) is 3.70. The lowest BCUT2D eigenvalue weighted by atomic mass is 10.2. The van der Waals surface area contributed by atoms with Gasteiger partial charge in [0.25, 0.3) is 0 Å². The van der Waals surface area contributed by atoms with Gasteiger partial charge in [0.1, 0.15) is 11.5 Å². The fraction of sp³-hybridized carbons (Fsp3) is 0.250. The van der Waals surface area contributed by atoms with Gasteiger partial charge in [0, 0.05) is 0 Å². The number of halogens is 6. The summed E-state index contributed by atoms with van der Waals surface area (Å²) in [6, 6.07) is 8.87. The van der Waals surface area contributed by atoms with Gasteiger partial charge in [-0.15, -0.1) is 26.3 Å². The summed E-state index contributed by atoms with van der Waals surface area (Å²) in [7, 11) is -3.88. The van der Waals surface area contributed by atoms with Crippen LogP contribution in [0, 0.1) is 0 Å². The molecule has 0 aromatic heterocycles. The molecule has 148 valence electrons. The summed E-state index contributed by atoms with van der Waals surface area (Å²) in [5.74, 6) is -2.38. The van der Waals surface area contributed by atoms with Crippen LogP contribution in [0.15, 0.2) is 48.5 Å². The van der Waals surface area contributed by atoms with Crippen molar-refractivity contribution in [2.24, 2.45) is 0 Å². The van der Waals surface area contributed by atoms with Gasteiger partial charge in [0.15, 0.2) is 9.84 Å². The summed E-state index contributed by atoms with van der Waals surface area (Å²) in [5.41, 5.74) is 0.0823. The van der Waals surface area contributed by atoms with Crippen LogP contribution in [0.5, 0.6) is 11.5 Å². The largest absolute Gasteiger partial charge is 0.573 e. The van der Waals surface area contributed by atoms with Crippen molar-refractivity contribution in [3.8, 4) is 11.5 Å². The number of hydrogen-bond acceptors (Lipinski definition) is 4. The zero-order valence-electron chi connectivity index (χ0n) is 13.3. The molecule has 4 nitrogen and oxygen atoms in total. The van der Waals surface area contributed by atoms with E-state index in [2.05, 4.69) is 9.47 Å². The number of rotatable bonds is 6. The molecule has 0 aliphatic heterocycles. The Hall–Kier alpha value is -2.43. The zero-order valence-corrected chi connectivity index (χ0v) is 14.2. The molecule has 2 rings (SSSR count). The van der Waals surface area contributed by atoms with Crippen LogP contribution < -0.4 is 9.47 Å². The van der Waals surface area contributed by atoms with Gasteiger partial charge in [-0.3, -0.25) is 0 Å². The Balaban J connectivity index is 2.12. The highest BCUT2D eigenvalue weighted by Crippen LogP contribution is 2.26. The topological polar surface area (TPSA) is 52.6 Å². The molecule has 2 aromatic rings. The Morgan fingerprint density at radius 3 is 1.41 bits per heavy atom. The molecule has 0 aliphatic carbocycles. The average Bonchev–Trinajstić information content (AvgIpc) is 2.42. The van der Waals surface area contributed by atoms with Gasteiger partial charge in [-0.2, -0.15) is 0 Å². The molecule has 0 heterocycles. The van der Waals surface area contributed by atoms with Gasteiger partial charge < -0.3 is 9.47 Å². The Morgan fingerprint density at radius 1 is 0.704 bits per heavy atom. The SMILES string of the molecule is O=S(=O)(Cc1cccc(OC(F)(F)F)c1)Cc1cccc(OC(F)(F)F)c1. The molecule has 0 spiro atoms. The Morgan fingerprint density at radius 2 is 1.07 bits per heavy atom. The molecule has 0 atom stereocenters. The molecule has 0 fully saturated rings. The molecule has 2 aromatic carbocycles. The smallest absolute Gasteiger partial charge is 0.406 e. The third-order valence-corrected chi connectivity index (χ3v) is 4.58. The van der Waals surface area contributed by atoms with E-state index in [0.29, 0.717) is 0 Å². The summed E-state index contributed by atoms with van der Waals surface area (Å²) in [6.07, 6.45) is -9.84. The first kappa shape index (κ1) is 20.9. The number of ether oxygens (including phenoxy) is 2. The quantitative estimate of drug-likeness (QED) is 0.649. The van der Waals surface area contributed by atoms with Crippen LogP contribution >= 0.6 is 0 Å². The van der Waals surface area contributed by atoms with Gasteiger partial charge in [-0.25, -0.2) is 8.42 Å². The lowest BCUT2D eigenvalue weighted by Crippen LogP contribution is -2.17. The predicted molar refractivity (Wildman–Crippen MR) is 82.6 cm³/mol. The van der Waals surface area contributed by atoms with E-state index in [9.17, 15) is 34.8 Å². The average molecular weight is 414 g/mol. The molecule has 0 saturated heterocycles. The predicted octanol–water partition coefficient (Wildman–Crippen LogP) is 4.60. The van der Waals surface area contributed by atoms with Gasteiger partial charge in [-0.1, -0.05) is 24.3 Å². The fourth-order valence-electron chi connectivity index (χ4n) is 2.22. The molecule has 0 unspecified atom stereocenters. The first-order valence-corrected chi connectivity index (χ1v) is 9.03. The van der Waals surface area contributed by atoms with E-state index in [4.69, 9.17) is 0 Å². The van der Waals surface area contributed by atoms with E-state index in [1.807, 2.05) is 0 Å². The second kappa shape index (κ2) is 7.67. The maximum atomic E-state index is 12.2. The lowest BCUT2D eigenvalue weighted by molar-refractivity contribution is -0.275. The van der Waals surface area contributed by atoms with Crippen molar-refractivity contribution < 1.29 is 44.2 Å². The van der Waals surface area contributed by atoms with Crippen LogP contribution in [0.1, 0.15) is 11.1 Å². The molecule has 0 aliphatic rings. The second-order valence-electron chi connectivity index (χ2n) is 5.42. The Labute approximate surface area is 150 Å². The normalized spacial score (nSPS) is 12.7. The van der Waals surface area contributed by atoms with Crippen molar-refractivity contribution in [3.63, 3.8) is 0 Å². The highest BCUT2D eigenvalue weighted by molar-refractivity contribution is 7.89. The lowest BCUT2D eigenvalue weighted by Gasteiger charge is -2.11. The molecule has 0 saturated carbocycles. The number of hydrogen-bond donors (Lipinski definition) is 0. The second-order valence-corrected chi connectivity index (χ2v) is 7.49. The number of alkyl halides is 6. The van der Waals surface area contributed by atoms with E-state index >= 15 is 0 Å². The van der Waals surface area contributed by atoms with E-state index in [1.54, 1.807) is 0 Å². The van der Waals surface area contributed by atoms with Crippen LogP contribution in [0.25, 0.3) is 0 Å². The summed E-state index contributed by atoms with van der Waals surface area (Å²) in [4.78, 5) is 0. The minimum Gasteiger partial charge on any atom is -0.406 e. The zero-order chi connectivity index (χ0) is 20.3. The summed E-state index contributed by atoms with van der Waals surface area (Å²) < 4.78 is 105. The molecular formula is C16H12F6O4S. The van der Waals surface area contributed by atoms with Crippen molar-refractivity contribution in [2.45, 2.75) is 24.2 Å². The number of sulfone groups is 1. The maximum absolute atomic E-state index is 12.2. The molecule has 0 radical (unpaired) electrons. The third-order valence-electron chi connectivity index (χ3n) is 3.04. The maximum Gasteiger partial charge on any atom is 0.573 e. The molecule has 0 amide bonds.